The van der Waals surface area contributed by atoms with E-state index in [0.29, 0.717) is 5.75 Å². The summed E-state index contributed by atoms with van der Waals surface area (Å²) >= 11 is 0. The van der Waals surface area contributed by atoms with Crippen molar-refractivity contribution in [3.8, 4) is 5.75 Å². The van der Waals surface area contributed by atoms with E-state index in [2.05, 4.69) is 15.1 Å². The van der Waals surface area contributed by atoms with E-state index in [1.807, 2.05) is 0 Å². The van der Waals surface area contributed by atoms with E-state index in [1.54, 1.807) is 24.3 Å². The Morgan fingerprint density at radius 1 is 1.13 bits per heavy atom. The number of amides is 1. The number of carbonyl (C=O) groups is 1. The largest absolute Gasteiger partial charge is 0.490 e. The molecule has 1 aliphatic heterocycles. The number of piperidine rings is 1. The molecule has 0 aliphatic carbocycles. The summed E-state index contributed by atoms with van der Waals surface area (Å²) in [6.45, 7) is 1.55. The first-order valence-corrected chi connectivity index (χ1v) is 7.42. The van der Waals surface area contributed by atoms with E-state index in [9.17, 15) is 9.18 Å². The lowest BCUT2D eigenvalue weighted by molar-refractivity contribution is 0.0994. The molecule has 0 unspecified atom stereocenters. The molecule has 1 aromatic carbocycles. The first-order valence-electron chi connectivity index (χ1n) is 7.42. The molecule has 7 heteroatoms. The summed E-state index contributed by atoms with van der Waals surface area (Å²) in [6, 6.07) is 9.37. The van der Waals surface area contributed by atoms with Crippen LogP contribution in [0.3, 0.4) is 0 Å². The second kappa shape index (κ2) is 6.60. The minimum atomic E-state index is -0.588. The highest BCUT2D eigenvalue weighted by atomic mass is 19.1. The molecule has 1 aromatic heterocycles. The molecule has 0 saturated carbocycles. The Morgan fingerprint density at radius 2 is 1.83 bits per heavy atom. The van der Waals surface area contributed by atoms with Crippen molar-refractivity contribution in [2.24, 2.45) is 5.73 Å². The highest BCUT2D eigenvalue weighted by molar-refractivity contribution is 5.90. The van der Waals surface area contributed by atoms with Gasteiger partial charge < -0.3 is 15.4 Å². The molecule has 2 N–H and O–H groups in total. The van der Waals surface area contributed by atoms with Crippen LogP contribution in [0.25, 0.3) is 0 Å². The van der Waals surface area contributed by atoms with Crippen molar-refractivity contribution in [1.82, 2.24) is 10.2 Å². The molecular weight excluding hydrogens is 299 g/mol. The summed E-state index contributed by atoms with van der Waals surface area (Å²) in [5.74, 6) is 0.534. The Balaban J connectivity index is 1.55. The fourth-order valence-electron chi connectivity index (χ4n) is 2.53. The molecule has 0 radical (unpaired) electrons. The number of halogens is 1. The van der Waals surface area contributed by atoms with Crippen molar-refractivity contribution in [3.63, 3.8) is 0 Å². The minimum Gasteiger partial charge on any atom is -0.490 e. The third-order valence-electron chi connectivity index (χ3n) is 3.79. The molecule has 1 saturated heterocycles. The van der Waals surface area contributed by atoms with Gasteiger partial charge in [-0.25, -0.2) is 4.39 Å². The molecule has 2 heterocycles. The van der Waals surface area contributed by atoms with Crippen LogP contribution < -0.4 is 15.4 Å². The summed E-state index contributed by atoms with van der Waals surface area (Å²) in [5, 5.41) is 7.85. The Bertz CT molecular complexity index is 667. The quantitative estimate of drug-likeness (QED) is 0.929. The molecule has 0 spiro atoms. The van der Waals surface area contributed by atoms with Crippen molar-refractivity contribution >= 4 is 11.7 Å². The van der Waals surface area contributed by atoms with Crippen LogP contribution in [0.4, 0.5) is 10.2 Å². The number of hydrogen-bond donors (Lipinski definition) is 1. The highest BCUT2D eigenvalue weighted by Crippen LogP contribution is 2.22. The zero-order valence-electron chi connectivity index (χ0n) is 12.5. The number of hydrogen-bond acceptors (Lipinski definition) is 5. The van der Waals surface area contributed by atoms with Crippen LogP contribution in [0, 0.1) is 5.82 Å². The number of ether oxygens (including phenoxy) is 1. The molecule has 0 atom stereocenters. The maximum atomic E-state index is 12.9. The number of rotatable bonds is 4. The van der Waals surface area contributed by atoms with E-state index in [4.69, 9.17) is 10.5 Å². The molecule has 3 rings (SSSR count). The van der Waals surface area contributed by atoms with Crippen LogP contribution in [-0.4, -0.2) is 35.3 Å². The number of anilines is 1. The summed E-state index contributed by atoms with van der Waals surface area (Å²) in [6.07, 6.45) is 1.75. The lowest BCUT2D eigenvalue weighted by Gasteiger charge is -2.32. The number of nitrogens with two attached hydrogens (primary N) is 1. The Hall–Kier alpha value is -2.70. The van der Waals surface area contributed by atoms with Crippen molar-refractivity contribution < 1.29 is 13.9 Å². The van der Waals surface area contributed by atoms with Crippen LogP contribution in [0.15, 0.2) is 36.4 Å². The zero-order chi connectivity index (χ0) is 16.2. The third-order valence-corrected chi connectivity index (χ3v) is 3.79. The first-order chi connectivity index (χ1) is 11.1. The second-order valence-electron chi connectivity index (χ2n) is 5.40. The standard InChI is InChI=1S/C16H17FN4O2/c17-11-1-3-12(4-2-11)23-13-7-9-21(10-8-13)15-6-5-14(16(18)22)19-20-15/h1-6,13H,7-10H2,(H2,18,22). The lowest BCUT2D eigenvalue weighted by atomic mass is 10.1. The van der Waals surface area contributed by atoms with E-state index >= 15 is 0 Å². The summed E-state index contributed by atoms with van der Waals surface area (Å²) in [5.41, 5.74) is 5.30. The topological polar surface area (TPSA) is 81.3 Å². The van der Waals surface area contributed by atoms with Gasteiger partial charge in [-0.3, -0.25) is 4.79 Å². The van der Waals surface area contributed by atoms with Crippen molar-refractivity contribution in [2.45, 2.75) is 18.9 Å². The molecule has 0 bridgehead atoms. The summed E-state index contributed by atoms with van der Waals surface area (Å²) < 4.78 is 18.7. The predicted molar refractivity (Wildman–Crippen MR) is 82.8 cm³/mol. The van der Waals surface area contributed by atoms with Gasteiger partial charge in [-0.05, 0) is 36.4 Å². The third kappa shape index (κ3) is 3.74. The van der Waals surface area contributed by atoms with Gasteiger partial charge in [0.15, 0.2) is 11.5 Å². The number of benzene rings is 1. The van der Waals surface area contributed by atoms with Crippen LogP contribution in [-0.2, 0) is 0 Å². The number of primary amides is 1. The molecule has 2 aromatic rings. The van der Waals surface area contributed by atoms with Gasteiger partial charge in [0.25, 0.3) is 5.91 Å². The minimum absolute atomic E-state index is 0.0922. The lowest BCUT2D eigenvalue weighted by Crippen LogP contribution is -2.38. The summed E-state index contributed by atoms with van der Waals surface area (Å²) in [7, 11) is 0. The first kappa shape index (κ1) is 15.2. The van der Waals surface area contributed by atoms with Gasteiger partial charge >= 0.3 is 0 Å². The van der Waals surface area contributed by atoms with E-state index in [-0.39, 0.29) is 17.6 Å². The van der Waals surface area contributed by atoms with Crippen LogP contribution >= 0.6 is 0 Å². The fraction of sp³-hybridized carbons (Fsp3) is 0.312. The van der Waals surface area contributed by atoms with E-state index in [1.165, 1.54) is 12.1 Å². The van der Waals surface area contributed by atoms with Gasteiger partial charge in [-0.15, -0.1) is 10.2 Å². The van der Waals surface area contributed by atoms with E-state index in [0.717, 1.165) is 31.7 Å². The Kier molecular flexibility index (Phi) is 4.36. The van der Waals surface area contributed by atoms with Crippen LogP contribution in [0.2, 0.25) is 0 Å². The average molecular weight is 316 g/mol. The van der Waals surface area contributed by atoms with Crippen molar-refractivity contribution in [1.29, 1.82) is 0 Å². The zero-order valence-corrected chi connectivity index (χ0v) is 12.5. The van der Waals surface area contributed by atoms with Crippen LogP contribution in [0.1, 0.15) is 23.3 Å². The molecule has 1 aliphatic rings. The van der Waals surface area contributed by atoms with Crippen molar-refractivity contribution in [2.75, 3.05) is 18.0 Å². The van der Waals surface area contributed by atoms with Gasteiger partial charge in [0.05, 0.1) is 0 Å². The van der Waals surface area contributed by atoms with Gasteiger partial charge in [0.1, 0.15) is 17.7 Å². The fourth-order valence-corrected chi connectivity index (χ4v) is 2.53. The predicted octanol–water partition coefficient (Wildman–Crippen LogP) is 1.76. The molecule has 120 valence electrons. The monoisotopic (exact) mass is 316 g/mol. The maximum absolute atomic E-state index is 12.9. The van der Waals surface area contributed by atoms with Gasteiger partial charge in [-0.1, -0.05) is 0 Å². The van der Waals surface area contributed by atoms with Crippen LogP contribution in [0.5, 0.6) is 5.75 Å². The smallest absolute Gasteiger partial charge is 0.269 e. The number of aromatic nitrogens is 2. The molecule has 23 heavy (non-hydrogen) atoms. The van der Waals surface area contributed by atoms with Crippen molar-refractivity contribution in [3.05, 3.63) is 47.9 Å². The Morgan fingerprint density at radius 3 is 2.39 bits per heavy atom. The number of nitrogens with zero attached hydrogens (tertiary/aromatic N) is 3. The summed E-state index contributed by atoms with van der Waals surface area (Å²) in [4.78, 5) is 13.1. The van der Waals surface area contributed by atoms with E-state index < -0.39 is 5.91 Å². The maximum Gasteiger partial charge on any atom is 0.269 e. The molecular formula is C16H17FN4O2. The SMILES string of the molecule is NC(=O)c1ccc(N2CCC(Oc3ccc(F)cc3)CC2)nn1. The number of carbonyl (C=O) groups excluding carboxylic acids is 1. The van der Waals surface area contributed by atoms with Gasteiger partial charge in [0.2, 0.25) is 0 Å². The highest BCUT2D eigenvalue weighted by Gasteiger charge is 2.22. The molecule has 1 fully saturated rings. The average Bonchev–Trinajstić information content (AvgIpc) is 2.58. The molecule has 6 nitrogen and oxygen atoms in total. The molecule has 1 amide bonds. The van der Waals surface area contributed by atoms with Gasteiger partial charge in [0, 0.05) is 25.9 Å². The Labute approximate surface area is 133 Å². The second-order valence-corrected chi connectivity index (χ2v) is 5.40. The normalized spacial score (nSPS) is 15.4. The van der Waals surface area contributed by atoms with Gasteiger partial charge in [-0.2, -0.15) is 0 Å².